The second-order valence-corrected chi connectivity index (χ2v) is 10.1. The van der Waals surface area contributed by atoms with Gasteiger partial charge in [-0.3, -0.25) is 9.59 Å². The molecule has 31 heavy (non-hydrogen) atoms. The Labute approximate surface area is 180 Å². The molecule has 3 aromatic rings. The maximum atomic E-state index is 13.3. The minimum Gasteiger partial charge on any atom is -0.322 e. The number of hydrogen-bond acceptors (Lipinski definition) is 4. The molecule has 0 bridgehead atoms. The highest BCUT2D eigenvalue weighted by molar-refractivity contribution is 7.89. The quantitative estimate of drug-likeness (QED) is 0.682. The van der Waals surface area contributed by atoms with Gasteiger partial charge in [0.05, 0.1) is 10.8 Å². The zero-order valence-corrected chi connectivity index (χ0v) is 17.8. The van der Waals surface area contributed by atoms with Crippen LogP contribution in [-0.4, -0.2) is 43.2 Å². The number of fused-ring (bicyclic) bond motifs is 2. The number of anilines is 1. The lowest BCUT2D eigenvalue weighted by Crippen LogP contribution is -2.46. The SMILES string of the molecule is O=C(C1CCCN(S(=O)(=O)c2ccc3[nH]c(=O)ccc3c2)C1)N1CCc2ccccc21. The molecule has 1 amide bonds. The van der Waals surface area contributed by atoms with E-state index in [2.05, 4.69) is 4.98 Å². The summed E-state index contributed by atoms with van der Waals surface area (Å²) in [6.07, 6.45) is 2.16. The summed E-state index contributed by atoms with van der Waals surface area (Å²) in [5, 5.41) is 0.652. The number of carbonyl (C=O) groups excluding carboxylic acids is 1. The van der Waals surface area contributed by atoms with E-state index in [9.17, 15) is 18.0 Å². The average molecular weight is 438 g/mol. The van der Waals surface area contributed by atoms with Crippen LogP contribution in [0, 0.1) is 5.92 Å². The molecule has 3 heterocycles. The number of aromatic amines is 1. The molecule has 1 atom stereocenters. The second kappa shape index (κ2) is 7.62. The summed E-state index contributed by atoms with van der Waals surface area (Å²) in [6, 6.07) is 15.6. The van der Waals surface area contributed by atoms with Gasteiger partial charge >= 0.3 is 0 Å². The van der Waals surface area contributed by atoms with Gasteiger partial charge in [0.25, 0.3) is 0 Å². The number of nitrogens with one attached hydrogen (secondary N) is 1. The molecular weight excluding hydrogens is 414 g/mol. The number of benzene rings is 2. The van der Waals surface area contributed by atoms with Crippen LogP contribution in [0.15, 0.2) is 64.3 Å². The van der Waals surface area contributed by atoms with Crippen LogP contribution >= 0.6 is 0 Å². The van der Waals surface area contributed by atoms with Crippen molar-refractivity contribution in [1.82, 2.24) is 9.29 Å². The molecule has 1 fully saturated rings. The molecule has 2 aliphatic rings. The molecular formula is C23H23N3O4S. The molecule has 0 radical (unpaired) electrons. The smallest absolute Gasteiger partial charge is 0.248 e. The first-order valence-electron chi connectivity index (χ1n) is 10.5. The van der Waals surface area contributed by atoms with E-state index in [-0.39, 0.29) is 28.8 Å². The number of piperidine rings is 1. The predicted octanol–water partition coefficient (Wildman–Crippen LogP) is 2.52. The molecule has 5 rings (SSSR count). The van der Waals surface area contributed by atoms with Crippen LogP contribution in [-0.2, 0) is 21.2 Å². The summed E-state index contributed by atoms with van der Waals surface area (Å²) in [6.45, 7) is 1.22. The maximum absolute atomic E-state index is 13.3. The average Bonchev–Trinajstić information content (AvgIpc) is 3.22. The Bertz CT molecular complexity index is 1330. The first-order chi connectivity index (χ1) is 14.9. The Morgan fingerprint density at radius 3 is 2.74 bits per heavy atom. The molecule has 0 saturated carbocycles. The molecule has 1 unspecified atom stereocenters. The van der Waals surface area contributed by atoms with E-state index in [1.165, 1.54) is 16.4 Å². The Balaban J connectivity index is 1.39. The van der Waals surface area contributed by atoms with Gasteiger partial charge in [0, 0.05) is 36.9 Å². The Kier molecular flexibility index (Phi) is 4.91. The van der Waals surface area contributed by atoms with Gasteiger partial charge in [-0.15, -0.1) is 0 Å². The third kappa shape index (κ3) is 3.55. The Morgan fingerprint density at radius 2 is 1.87 bits per heavy atom. The van der Waals surface area contributed by atoms with Gasteiger partial charge in [0.1, 0.15) is 0 Å². The number of H-pyrrole nitrogens is 1. The molecule has 1 aromatic heterocycles. The standard InChI is InChI=1S/C23H23N3O4S/c27-22-10-7-17-14-19(8-9-20(17)24-22)31(29,30)25-12-3-5-18(15-25)23(28)26-13-11-16-4-1-2-6-21(16)26/h1-2,4,6-10,14,18H,3,5,11-13,15H2,(H,24,27). The van der Waals surface area contributed by atoms with Crippen molar-refractivity contribution in [3.8, 4) is 0 Å². The number of hydrogen-bond donors (Lipinski definition) is 1. The van der Waals surface area contributed by atoms with E-state index in [0.29, 0.717) is 36.8 Å². The monoisotopic (exact) mass is 437 g/mol. The molecule has 0 aliphatic carbocycles. The summed E-state index contributed by atoms with van der Waals surface area (Å²) < 4.78 is 28.1. The minimum atomic E-state index is -3.74. The second-order valence-electron chi connectivity index (χ2n) is 8.14. The van der Waals surface area contributed by atoms with E-state index >= 15 is 0 Å². The Morgan fingerprint density at radius 1 is 1.03 bits per heavy atom. The number of carbonyl (C=O) groups is 1. The zero-order chi connectivity index (χ0) is 21.6. The highest BCUT2D eigenvalue weighted by atomic mass is 32.2. The third-order valence-electron chi connectivity index (χ3n) is 6.22. The molecule has 160 valence electrons. The molecule has 1 N–H and O–H groups in total. The van der Waals surface area contributed by atoms with Crippen LogP contribution in [0.3, 0.4) is 0 Å². The maximum Gasteiger partial charge on any atom is 0.248 e. The van der Waals surface area contributed by atoms with Crippen LogP contribution in [0.25, 0.3) is 10.9 Å². The van der Waals surface area contributed by atoms with Crippen molar-refractivity contribution in [2.24, 2.45) is 5.92 Å². The summed E-state index contributed by atoms with van der Waals surface area (Å²) >= 11 is 0. The fraction of sp³-hybridized carbons (Fsp3) is 0.304. The molecule has 0 spiro atoms. The number of aromatic nitrogens is 1. The first kappa shape index (κ1) is 20.0. The van der Waals surface area contributed by atoms with Crippen molar-refractivity contribution >= 4 is 32.5 Å². The normalized spacial score (nSPS) is 19.5. The molecule has 2 aliphatic heterocycles. The van der Waals surface area contributed by atoms with Crippen molar-refractivity contribution < 1.29 is 13.2 Å². The van der Waals surface area contributed by atoms with Crippen molar-refractivity contribution in [2.45, 2.75) is 24.2 Å². The van der Waals surface area contributed by atoms with Gasteiger partial charge in [-0.25, -0.2) is 8.42 Å². The van der Waals surface area contributed by atoms with Gasteiger partial charge in [0.15, 0.2) is 0 Å². The lowest BCUT2D eigenvalue weighted by Gasteiger charge is -2.33. The van der Waals surface area contributed by atoms with Gasteiger partial charge in [-0.2, -0.15) is 4.31 Å². The van der Waals surface area contributed by atoms with Crippen molar-refractivity contribution in [3.63, 3.8) is 0 Å². The largest absolute Gasteiger partial charge is 0.322 e. The van der Waals surface area contributed by atoms with Crippen LogP contribution in [0.5, 0.6) is 0 Å². The molecule has 8 heteroatoms. The number of para-hydroxylation sites is 1. The fourth-order valence-corrected chi connectivity index (χ4v) is 6.15. The number of rotatable bonds is 3. The van der Waals surface area contributed by atoms with Crippen LogP contribution in [0.2, 0.25) is 0 Å². The Hall–Kier alpha value is -2.97. The number of pyridine rings is 1. The van der Waals surface area contributed by atoms with E-state index in [4.69, 9.17) is 0 Å². The molecule has 1 saturated heterocycles. The van der Waals surface area contributed by atoms with Crippen LogP contribution in [0.4, 0.5) is 5.69 Å². The van der Waals surface area contributed by atoms with Crippen molar-refractivity contribution in [3.05, 3.63) is 70.5 Å². The fourth-order valence-electron chi connectivity index (χ4n) is 4.59. The highest BCUT2D eigenvalue weighted by Gasteiger charge is 2.37. The van der Waals surface area contributed by atoms with Gasteiger partial charge in [0.2, 0.25) is 21.5 Å². The first-order valence-corrected chi connectivity index (χ1v) is 11.9. The van der Waals surface area contributed by atoms with Gasteiger partial charge in [-0.05, 0) is 60.5 Å². The lowest BCUT2D eigenvalue weighted by atomic mass is 9.98. The van der Waals surface area contributed by atoms with E-state index < -0.39 is 10.0 Å². The van der Waals surface area contributed by atoms with E-state index in [1.54, 1.807) is 18.2 Å². The highest BCUT2D eigenvalue weighted by Crippen LogP contribution is 2.32. The summed E-state index contributed by atoms with van der Waals surface area (Å²) in [7, 11) is -3.74. The third-order valence-corrected chi connectivity index (χ3v) is 8.08. The van der Waals surface area contributed by atoms with Crippen LogP contribution < -0.4 is 10.5 Å². The van der Waals surface area contributed by atoms with Crippen LogP contribution in [0.1, 0.15) is 18.4 Å². The predicted molar refractivity (Wildman–Crippen MR) is 119 cm³/mol. The number of sulfonamides is 1. The minimum absolute atomic E-state index is 0.000867. The lowest BCUT2D eigenvalue weighted by molar-refractivity contribution is -0.123. The number of nitrogens with zero attached hydrogens (tertiary/aromatic N) is 2. The van der Waals surface area contributed by atoms with Crippen molar-refractivity contribution in [2.75, 3.05) is 24.5 Å². The summed E-state index contributed by atoms with van der Waals surface area (Å²) in [5.41, 5.74) is 2.45. The van der Waals surface area contributed by atoms with Gasteiger partial charge < -0.3 is 9.88 Å². The number of amides is 1. The molecule has 7 nitrogen and oxygen atoms in total. The van der Waals surface area contributed by atoms with Crippen molar-refractivity contribution in [1.29, 1.82) is 0 Å². The summed E-state index contributed by atoms with van der Waals surface area (Å²) in [4.78, 5) is 29.4. The van der Waals surface area contributed by atoms with Gasteiger partial charge in [-0.1, -0.05) is 18.2 Å². The topological polar surface area (TPSA) is 90.5 Å². The summed E-state index contributed by atoms with van der Waals surface area (Å²) in [5.74, 6) is -0.354. The molecule has 2 aromatic carbocycles. The zero-order valence-electron chi connectivity index (χ0n) is 17.0. The van der Waals surface area contributed by atoms with E-state index in [1.807, 2.05) is 29.2 Å². The van der Waals surface area contributed by atoms with E-state index in [0.717, 1.165) is 17.7 Å².